The molecule has 1 fully saturated rings. The van der Waals surface area contributed by atoms with Gasteiger partial charge < -0.3 is 15.4 Å². The Balaban J connectivity index is 2.39. The minimum atomic E-state index is -0.203. The summed E-state index contributed by atoms with van der Waals surface area (Å²) in [5.41, 5.74) is 5.36. The Hall–Kier alpha value is -0.770. The van der Waals surface area contributed by atoms with Crippen molar-refractivity contribution in [1.82, 2.24) is 4.90 Å². The molecule has 1 rings (SSSR count). The number of carbonyl (C=O) groups is 1. The Kier molecular flexibility index (Phi) is 2.70. The number of rotatable bonds is 3. The molecule has 1 atom stereocenters. The molecule has 1 saturated heterocycles. The van der Waals surface area contributed by atoms with E-state index in [1.165, 1.54) is 0 Å². The monoisotopic (exact) mass is 158 g/mol. The maximum atomic E-state index is 11.0. The minimum absolute atomic E-state index is 0.203. The van der Waals surface area contributed by atoms with E-state index >= 15 is 0 Å². The van der Waals surface area contributed by atoms with Crippen molar-refractivity contribution in [1.29, 1.82) is 0 Å². The fraction of sp³-hybridized carbons (Fsp3) is 0.857. The average Bonchev–Trinajstić information content (AvgIpc) is 2.36. The van der Waals surface area contributed by atoms with Gasteiger partial charge in [0.05, 0.1) is 6.54 Å². The molecule has 2 N–H and O–H groups in total. The summed E-state index contributed by atoms with van der Waals surface area (Å²) in [4.78, 5) is 12.7. The van der Waals surface area contributed by atoms with Crippen LogP contribution in [0, 0.1) is 0 Å². The fourth-order valence-electron chi connectivity index (χ4n) is 1.20. The van der Waals surface area contributed by atoms with Gasteiger partial charge in [0, 0.05) is 6.04 Å². The smallest absolute Gasteiger partial charge is 0.410 e. The quantitative estimate of drug-likeness (QED) is 0.637. The summed E-state index contributed by atoms with van der Waals surface area (Å²) in [6.07, 6.45) is 0.640. The van der Waals surface area contributed by atoms with E-state index in [-0.39, 0.29) is 12.1 Å². The number of amides is 1. The van der Waals surface area contributed by atoms with Gasteiger partial charge in [-0.15, -0.1) is 0 Å². The van der Waals surface area contributed by atoms with Gasteiger partial charge >= 0.3 is 6.09 Å². The van der Waals surface area contributed by atoms with Gasteiger partial charge in [0.25, 0.3) is 0 Å². The third-order valence-electron chi connectivity index (χ3n) is 1.91. The van der Waals surface area contributed by atoms with E-state index in [1.54, 1.807) is 4.90 Å². The SMILES string of the molecule is CC(CCN)N1CCOC1=O. The molecule has 1 aliphatic heterocycles. The van der Waals surface area contributed by atoms with Crippen LogP contribution in [0.4, 0.5) is 4.79 Å². The minimum Gasteiger partial charge on any atom is -0.448 e. The Morgan fingerprint density at radius 2 is 2.55 bits per heavy atom. The third kappa shape index (κ3) is 1.83. The van der Waals surface area contributed by atoms with Crippen LogP contribution in [-0.4, -0.2) is 36.7 Å². The average molecular weight is 158 g/mol. The van der Waals surface area contributed by atoms with Crippen LogP contribution in [0.5, 0.6) is 0 Å². The number of hydrogen-bond donors (Lipinski definition) is 1. The first-order chi connectivity index (χ1) is 5.25. The number of hydrogen-bond acceptors (Lipinski definition) is 3. The molecule has 0 aromatic carbocycles. The Bertz CT molecular complexity index is 149. The molecule has 0 bridgehead atoms. The van der Waals surface area contributed by atoms with Crippen LogP contribution >= 0.6 is 0 Å². The van der Waals surface area contributed by atoms with Gasteiger partial charge in [-0.05, 0) is 19.9 Å². The number of nitrogens with two attached hydrogens (primary N) is 1. The molecular formula is C7H14N2O2. The van der Waals surface area contributed by atoms with Crippen molar-refractivity contribution < 1.29 is 9.53 Å². The summed E-state index contributed by atoms with van der Waals surface area (Å²) in [6.45, 7) is 3.83. The Morgan fingerprint density at radius 1 is 1.82 bits per heavy atom. The molecule has 1 unspecified atom stereocenters. The maximum absolute atomic E-state index is 11.0. The van der Waals surface area contributed by atoms with Crippen molar-refractivity contribution in [3.05, 3.63) is 0 Å². The van der Waals surface area contributed by atoms with Gasteiger partial charge in [-0.1, -0.05) is 0 Å². The highest BCUT2D eigenvalue weighted by molar-refractivity contribution is 5.69. The normalized spacial score (nSPS) is 20.2. The van der Waals surface area contributed by atoms with Crippen LogP contribution in [0.3, 0.4) is 0 Å². The van der Waals surface area contributed by atoms with Crippen molar-refractivity contribution in [2.75, 3.05) is 19.7 Å². The van der Waals surface area contributed by atoms with E-state index in [4.69, 9.17) is 10.5 Å². The molecule has 4 heteroatoms. The van der Waals surface area contributed by atoms with Crippen LogP contribution in [0.1, 0.15) is 13.3 Å². The van der Waals surface area contributed by atoms with E-state index in [9.17, 15) is 4.79 Å². The summed E-state index contributed by atoms with van der Waals surface area (Å²) >= 11 is 0. The molecule has 11 heavy (non-hydrogen) atoms. The molecule has 0 aromatic heterocycles. The number of nitrogens with zero attached hydrogens (tertiary/aromatic N) is 1. The van der Waals surface area contributed by atoms with Gasteiger partial charge in [0.1, 0.15) is 6.61 Å². The lowest BCUT2D eigenvalue weighted by Crippen LogP contribution is -2.35. The summed E-state index contributed by atoms with van der Waals surface area (Å²) in [6, 6.07) is 0.218. The van der Waals surface area contributed by atoms with E-state index in [0.29, 0.717) is 19.7 Å². The highest BCUT2D eigenvalue weighted by atomic mass is 16.6. The first kappa shape index (κ1) is 8.33. The fourth-order valence-corrected chi connectivity index (χ4v) is 1.20. The van der Waals surface area contributed by atoms with E-state index in [0.717, 1.165) is 6.42 Å². The van der Waals surface area contributed by atoms with Crippen molar-refractivity contribution in [2.24, 2.45) is 5.73 Å². The molecule has 64 valence electrons. The molecule has 0 radical (unpaired) electrons. The van der Waals surface area contributed by atoms with Crippen LogP contribution in [-0.2, 0) is 4.74 Å². The predicted molar refractivity (Wildman–Crippen MR) is 41.2 cm³/mol. The zero-order valence-corrected chi connectivity index (χ0v) is 6.75. The van der Waals surface area contributed by atoms with Crippen molar-refractivity contribution in [3.63, 3.8) is 0 Å². The topological polar surface area (TPSA) is 55.6 Å². The standard InChI is InChI=1S/C7H14N2O2/c1-6(2-3-8)9-4-5-11-7(9)10/h6H,2-5,8H2,1H3. The Labute approximate surface area is 66.3 Å². The van der Waals surface area contributed by atoms with E-state index < -0.39 is 0 Å². The van der Waals surface area contributed by atoms with Crippen LogP contribution < -0.4 is 5.73 Å². The summed E-state index contributed by atoms with van der Waals surface area (Å²) < 4.78 is 4.78. The van der Waals surface area contributed by atoms with Gasteiger partial charge in [0.15, 0.2) is 0 Å². The summed E-state index contributed by atoms with van der Waals surface area (Å²) in [5.74, 6) is 0. The van der Waals surface area contributed by atoms with Crippen LogP contribution in [0.25, 0.3) is 0 Å². The highest BCUT2D eigenvalue weighted by Crippen LogP contribution is 2.09. The van der Waals surface area contributed by atoms with Crippen molar-refractivity contribution in [3.8, 4) is 0 Å². The molecule has 0 aliphatic carbocycles. The first-order valence-corrected chi connectivity index (χ1v) is 3.89. The lowest BCUT2D eigenvalue weighted by atomic mass is 10.2. The lowest BCUT2D eigenvalue weighted by Gasteiger charge is -2.20. The van der Waals surface area contributed by atoms with Crippen molar-refractivity contribution in [2.45, 2.75) is 19.4 Å². The summed E-state index contributed by atoms with van der Waals surface area (Å²) in [5, 5.41) is 0. The molecular weight excluding hydrogens is 144 g/mol. The van der Waals surface area contributed by atoms with Crippen LogP contribution in [0.2, 0.25) is 0 Å². The number of carbonyl (C=O) groups excluding carboxylic acids is 1. The van der Waals surface area contributed by atoms with Gasteiger partial charge in [0.2, 0.25) is 0 Å². The molecule has 0 spiro atoms. The molecule has 4 nitrogen and oxygen atoms in total. The van der Waals surface area contributed by atoms with E-state index in [2.05, 4.69) is 0 Å². The van der Waals surface area contributed by atoms with Crippen LogP contribution in [0.15, 0.2) is 0 Å². The first-order valence-electron chi connectivity index (χ1n) is 3.89. The molecule has 0 saturated carbocycles. The molecule has 0 aromatic rings. The third-order valence-corrected chi connectivity index (χ3v) is 1.91. The second-order valence-corrected chi connectivity index (χ2v) is 2.73. The Morgan fingerprint density at radius 3 is 3.00 bits per heavy atom. The second-order valence-electron chi connectivity index (χ2n) is 2.73. The van der Waals surface area contributed by atoms with E-state index in [1.807, 2.05) is 6.92 Å². The molecule has 1 heterocycles. The van der Waals surface area contributed by atoms with Crippen molar-refractivity contribution >= 4 is 6.09 Å². The summed E-state index contributed by atoms with van der Waals surface area (Å²) in [7, 11) is 0. The zero-order valence-electron chi connectivity index (χ0n) is 6.75. The van der Waals surface area contributed by atoms with Gasteiger partial charge in [-0.2, -0.15) is 0 Å². The predicted octanol–water partition coefficient (Wildman–Crippen LogP) is 0.176. The largest absolute Gasteiger partial charge is 0.448 e. The number of ether oxygens (including phenoxy) is 1. The second kappa shape index (κ2) is 3.57. The maximum Gasteiger partial charge on any atom is 0.410 e. The molecule has 1 aliphatic rings. The lowest BCUT2D eigenvalue weighted by molar-refractivity contribution is 0.149. The van der Waals surface area contributed by atoms with Gasteiger partial charge in [-0.3, -0.25) is 0 Å². The van der Waals surface area contributed by atoms with Gasteiger partial charge in [-0.25, -0.2) is 4.79 Å². The highest BCUT2D eigenvalue weighted by Gasteiger charge is 2.25. The molecule has 1 amide bonds. The number of cyclic esters (lactones) is 1. The zero-order chi connectivity index (χ0) is 8.27.